The maximum Gasteiger partial charge on any atom is 0.251 e. The summed E-state index contributed by atoms with van der Waals surface area (Å²) < 4.78 is 0. The number of rotatable bonds is 5. The Labute approximate surface area is 199 Å². The van der Waals surface area contributed by atoms with Crippen LogP contribution in [0.15, 0.2) is 97.1 Å². The number of carbonyl (C=O) groups is 1. The Morgan fingerprint density at radius 2 is 1.29 bits per heavy atom. The van der Waals surface area contributed by atoms with E-state index in [9.17, 15) is 4.79 Å². The summed E-state index contributed by atoms with van der Waals surface area (Å²) in [5, 5.41) is 2.99. The summed E-state index contributed by atoms with van der Waals surface area (Å²) in [6.07, 6.45) is 0. The third-order valence-electron chi connectivity index (χ3n) is 5.81. The average Bonchev–Trinajstić information content (AvgIpc) is 2.87. The van der Waals surface area contributed by atoms with Gasteiger partial charge >= 0.3 is 0 Å². The molecule has 0 saturated carbocycles. The molecule has 0 fully saturated rings. The first kappa shape index (κ1) is 21.5. The lowest BCUT2D eigenvalue weighted by molar-refractivity contribution is 0.0951. The second-order valence-corrected chi connectivity index (χ2v) is 8.53. The molecule has 1 aromatic heterocycles. The highest BCUT2D eigenvalue weighted by Crippen LogP contribution is 2.32. The lowest BCUT2D eigenvalue weighted by Gasteiger charge is -2.12. The third kappa shape index (κ3) is 4.57. The summed E-state index contributed by atoms with van der Waals surface area (Å²) >= 11 is 0. The van der Waals surface area contributed by atoms with Gasteiger partial charge in [0.1, 0.15) is 0 Å². The van der Waals surface area contributed by atoms with Gasteiger partial charge in [-0.3, -0.25) is 4.79 Å². The Morgan fingerprint density at radius 1 is 0.676 bits per heavy atom. The minimum Gasteiger partial charge on any atom is -0.348 e. The van der Waals surface area contributed by atoms with Gasteiger partial charge in [0, 0.05) is 23.2 Å². The molecule has 0 bridgehead atoms. The Balaban J connectivity index is 1.57. The number of carbonyl (C=O) groups excluding carboxylic acids is 1. The second-order valence-electron chi connectivity index (χ2n) is 8.53. The number of benzene rings is 4. The van der Waals surface area contributed by atoms with Crippen molar-refractivity contribution in [3.63, 3.8) is 0 Å². The predicted molar refractivity (Wildman–Crippen MR) is 137 cm³/mol. The lowest BCUT2D eigenvalue weighted by Crippen LogP contribution is -2.22. The number of aryl methyl sites for hydroxylation is 2. The zero-order valence-corrected chi connectivity index (χ0v) is 19.2. The highest BCUT2D eigenvalue weighted by Gasteiger charge is 2.15. The smallest absolute Gasteiger partial charge is 0.251 e. The van der Waals surface area contributed by atoms with E-state index in [1.807, 2.05) is 60.7 Å². The summed E-state index contributed by atoms with van der Waals surface area (Å²) in [5.41, 5.74) is 9.07. The molecule has 0 spiro atoms. The molecule has 0 unspecified atom stereocenters. The van der Waals surface area contributed by atoms with Gasteiger partial charge in [0.25, 0.3) is 5.91 Å². The van der Waals surface area contributed by atoms with Crippen molar-refractivity contribution >= 4 is 16.9 Å². The van der Waals surface area contributed by atoms with Crippen molar-refractivity contribution in [1.29, 1.82) is 0 Å². The molecule has 1 N–H and O–H groups in total. The van der Waals surface area contributed by atoms with Gasteiger partial charge in [-0.25, -0.2) is 9.97 Å². The maximum atomic E-state index is 12.8. The first-order chi connectivity index (χ1) is 16.6. The van der Waals surface area contributed by atoms with Crippen LogP contribution in [-0.4, -0.2) is 15.9 Å². The van der Waals surface area contributed by atoms with E-state index in [0.717, 1.165) is 39.2 Å². The zero-order valence-electron chi connectivity index (χ0n) is 19.2. The maximum absolute atomic E-state index is 12.8. The van der Waals surface area contributed by atoms with Crippen LogP contribution in [0.5, 0.6) is 0 Å². The second kappa shape index (κ2) is 9.28. The summed E-state index contributed by atoms with van der Waals surface area (Å²) in [7, 11) is 0. The minimum atomic E-state index is -0.132. The predicted octanol–water partition coefficient (Wildman–Crippen LogP) is 6.51. The van der Waals surface area contributed by atoms with Crippen LogP contribution in [-0.2, 0) is 6.54 Å². The van der Waals surface area contributed by atoms with Crippen LogP contribution in [0.2, 0.25) is 0 Å². The molecule has 0 radical (unpaired) electrons. The molecule has 1 amide bonds. The molecule has 166 valence electrons. The number of nitrogens with zero attached hydrogens (tertiary/aromatic N) is 2. The van der Waals surface area contributed by atoms with E-state index in [-0.39, 0.29) is 5.91 Å². The number of nitrogens with one attached hydrogen (secondary N) is 1. The molecule has 1 heterocycles. The first-order valence-electron chi connectivity index (χ1n) is 11.3. The first-order valence-corrected chi connectivity index (χ1v) is 11.3. The van der Waals surface area contributed by atoms with Crippen molar-refractivity contribution in [3.8, 4) is 22.5 Å². The van der Waals surface area contributed by atoms with Crippen molar-refractivity contribution in [2.24, 2.45) is 0 Å². The number of fused-ring (bicyclic) bond motifs is 1. The van der Waals surface area contributed by atoms with Crippen LogP contribution in [0.3, 0.4) is 0 Å². The summed E-state index contributed by atoms with van der Waals surface area (Å²) in [6.45, 7) is 4.62. The molecule has 4 heteroatoms. The van der Waals surface area contributed by atoms with Crippen LogP contribution in [0.1, 0.15) is 27.0 Å². The summed E-state index contributed by atoms with van der Waals surface area (Å²) in [6, 6.07) is 32.0. The molecule has 5 aromatic rings. The average molecular weight is 444 g/mol. The van der Waals surface area contributed by atoms with Gasteiger partial charge in [0.15, 0.2) is 0 Å². The van der Waals surface area contributed by atoms with Crippen molar-refractivity contribution < 1.29 is 4.79 Å². The zero-order chi connectivity index (χ0) is 23.5. The van der Waals surface area contributed by atoms with E-state index in [1.54, 1.807) is 0 Å². The molecule has 0 saturated heterocycles. The van der Waals surface area contributed by atoms with Gasteiger partial charge < -0.3 is 5.32 Å². The molecule has 0 aliphatic rings. The minimum absolute atomic E-state index is 0.132. The molecular formula is C30H25N3O. The Morgan fingerprint density at radius 3 is 1.91 bits per heavy atom. The number of amides is 1. The topological polar surface area (TPSA) is 54.9 Å². The van der Waals surface area contributed by atoms with E-state index >= 15 is 0 Å². The standard InChI is InChI=1S/C30H25N3O/c1-20-8-6-12-23(16-20)28-29(24-13-7-9-21(2)17-24)33-27-18-25(14-15-26(27)32-28)30(34)31-19-22-10-4-3-5-11-22/h3-18H,19H2,1-2H3,(H,31,34). The van der Waals surface area contributed by atoms with Crippen LogP contribution in [0.4, 0.5) is 0 Å². The van der Waals surface area contributed by atoms with E-state index < -0.39 is 0 Å². The van der Waals surface area contributed by atoms with E-state index in [0.29, 0.717) is 17.6 Å². The fourth-order valence-electron chi connectivity index (χ4n) is 4.06. The van der Waals surface area contributed by atoms with Gasteiger partial charge in [0.2, 0.25) is 0 Å². The van der Waals surface area contributed by atoms with Crippen LogP contribution in [0.25, 0.3) is 33.5 Å². The third-order valence-corrected chi connectivity index (χ3v) is 5.81. The van der Waals surface area contributed by atoms with Crippen molar-refractivity contribution in [2.45, 2.75) is 20.4 Å². The Bertz CT molecular complexity index is 1490. The highest BCUT2D eigenvalue weighted by atomic mass is 16.1. The monoisotopic (exact) mass is 443 g/mol. The molecular weight excluding hydrogens is 418 g/mol. The molecule has 5 rings (SSSR count). The van der Waals surface area contributed by atoms with Gasteiger partial charge in [-0.2, -0.15) is 0 Å². The van der Waals surface area contributed by atoms with E-state index in [2.05, 4.69) is 55.6 Å². The van der Waals surface area contributed by atoms with Crippen molar-refractivity contribution in [1.82, 2.24) is 15.3 Å². The number of hydrogen-bond acceptors (Lipinski definition) is 3. The van der Waals surface area contributed by atoms with E-state index in [1.165, 1.54) is 5.56 Å². The lowest BCUT2D eigenvalue weighted by atomic mass is 10.0. The van der Waals surface area contributed by atoms with Gasteiger partial charge in [-0.15, -0.1) is 0 Å². The van der Waals surface area contributed by atoms with Gasteiger partial charge in [0.05, 0.1) is 22.4 Å². The quantitative estimate of drug-likeness (QED) is 0.337. The number of aromatic nitrogens is 2. The van der Waals surface area contributed by atoms with Crippen molar-refractivity contribution in [3.05, 3.63) is 119 Å². The summed E-state index contributed by atoms with van der Waals surface area (Å²) in [5.74, 6) is -0.132. The van der Waals surface area contributed by atoms with Crippen molar-refractivity contribution in [2.75, 3.05) is 0 Å². The fourth-order valence-corrected chi connectivity index (χ4v) is 4.06. The van der Waals surface area contributed by atoms with Gasteiger partial charge in [-0.1, -0.05) is 77.9 Å². The summed E-state index contributed by atoms with van der Waals surface area (Å²) in [4.78, 5) is 22.8. The van der Waals surface area contributed by atoms with Crippen LogP contribution in [0, 0.1) is 13.8 Å². The van der Waals surface area contributed by atoms with Crippen LogP contribution < -0.4 is 5.32 Å². The van der Waals surface area contributed by atoms with E-state index in [4.69, 9.17) is 9.97 Å². The molecule has 0 atom stereocenters. The highest BCUT2D eigenvalue weighted by molar-refractivity contribution is 5.98. The SMILES string of the molecule is Cc1cccc(-c2nc3ccc(C(=O)NCc4ccccc4)cc3nc2-c2cccc(C)c2)c1. The Kier molecular flexibility index (Phi) is 5.88. The molecule has 0 aliphatic heterocycles. The number of hydrogen-bond donors (Lipinski definition) is 1. The molecule has 4 aromatic carbocycles. The largest absolute Gasteiger partial charge is 0.348 e. The molecule has 0 aliphatic carbocycles. The van der Waals surface area contributed by atoms with Crippen LogP contribution >= 0.6 is 0 Å². The molecule has 4 nitrogen and oxygen atoms in total. The molecule has 34 heavy (non-hydrogen) atoms. The van der Waals surface area contributed by atoms with Gasteiger partial charge in [-0.05, 0) is 49.7 Å². The fraction of sp³-hybridized carbons (Fsp3) is 0.100. The normalized spacial score (nSPS) is 10.9. The Hall–Kier alpha value is -4.31.